The molecule has 98 valence electrons. The standard InChI is InChI=1S/C15H21NO2/c1-16-14(9-11-5-7-17-10-11)13-4-2-3-12-6-8-18-15(12)13/h2-4,11,14,16H,5-10H2,1H3. The lowest BCUT2D eigenvalue weighted by Gasteiger charge is -2.21. The normalized spacial score (nSPS) is 23.7. The lowest BCUT2D eigenvalue weighted by atomic mass is 9.92. The van der Waals surface area contributed by atoms with Gasteiger partial charge in [-0.25, -0.2) is 0 Å². The van der Waals surface area contributed by atoms with E-state index in [0.29, 0.717) is 12.0 Å². The van der Waals surface area contributed by atoms with E-state index in [9.17, 15) is 0 Å². The van der Waals surface area contributed by atoms with Gasteiger partial charge in [0.15, 0.2) is 0 Å². The van der Waals surface area contributed by atoms with E-state index in [1.165, 1.54) is 17.5 Å². The Morgan fingerprint density at radius 2 is 2.33 bits per heavy atom. The molecule has 0 radical (unpaired) electrons. The summed E-state index contributed by atoms with van der Waals surface area (Å²) < 4.78 is 11.3. The SMILES string of the molecule is CNC(CC1CCOC1)c1cccc2c1OCC2. The van der Waals surface area contributed by atoms with Crippen molar-refractivity contribution in [1.82, 2.24) is 5.32 Å². The third kappa shape index (κ3) is 2.25. The number of ether oxygens (including phenoxy) is 2. The molecule has 0 aliphatic carbocycles. The zero-order valence-corrected chi connectivity index (χ0v) is 10.9. The van der Waals surface area contributed by atoms with Crippen LogP contribution in [0.5, 0.6) is 5.75 Å². The molecule has 3 heteroatoms. The van der Waals surface area contributed by atoms with E-state index in [2.05, 4.69) is 23.5 Å². The second-order valence-electron chi connectivity index (χ2n) is 5.24. The molecule has 18 heavy (non-hydrogen) atoms. The van der Waals surface area contributed by atoms with Gasteiger partial charge in [-0.05, 0) is 31.4 Å². The van der Waals surface area contributed by atoms with Gasteiger partial charge >= 0.3 is 0 Å². The van der Waals surface area contributed by atoms with Gasteiger partial charge in [0, 0.05) is 31.2 Å². The summed E-state index contributed by atoms with van der Waals surface area (Å²) in [6.07, 6.45) is 3.37. The van der Waals surface area contributed by atoms with E-state index < -0.39 is 0 Å². The minimum Gasteiger partial charge on any atom is -0.493 e. The van der Waals surface area contributed by atoms with Crippen LogP contribution >= 0.6 is 0 Å². The number of nitrogens with one attached hydrogen (secondary N) is 1. The Balaban J connectivity index is 1.80. The Morgan fingerprint density at radius 3 is 3.11 bits per heavy atom. The van der Waals surface area contributed by atoms with Crippen molar-refractivity contribution < 1.29 is 9.47 Å². The number of rotatable bonds is 4. The molecule has 3 nitrogen and oxygen atoms in total. The molecule has 1 aromatic carbocycles. The Kier molecular flexibility index (Phi) is 3.52. The fourth-order valence-electron chi connectivity index (χ4n) is 3.02. The summed E-state index contributed by atoms with van der Waals surface area (Å²) in [6.45, 7) is 2.66. The molecule has 2 atom stereocenters. The van der Waals surface area contributed by atoms with Gasteiger partial charge in [0.05, 0.1) is 6.61 Å². The Morgan fingerprint density at radius 1 is 1.39 bits per heavy atom. The summed E-state index contributed by atoms with van der Waals surface area (Å²) in [5.41, 5.74) is 2.68. The van der Waals surface area contributed by atoms with Crippen LogP contribution in [0.4, 0.5) is 0 Å². The zero-order chi connectivity index (χ0) is 12.4. The van der Waals surface area contributed by atoms with Crippen LogP contribution in [-0.2, 0) is 11.2 Å². The minimum atomic E-state index is 0.379. The van der Waals surface area contributed by atoms with E-state index in [1.54, 1.807) is 0 Å². The van der Waals surface area contributed by atoms with E-state index in [1.807, 2.05) is 7.05 Å². The maximum atomic E-state index is 5.81. The Labute approximate surface area is 108 Å². The Hall–Kier alpha value is -1.06. The van der Waals surface area contributed by atoms with Crippen LogP contribution in [0.1, 0.15) is 30.0 Å². The van der Waals surface area contributed by atoms with Crippen LogP contribution in [-0.4, -0.2) is 26.9 Å². The van der Waals surface area contributed by atoms with Gasteiger partial charge < -0.3 is 14.8 Å². The minimum absolute atomic E-state index is 0.379. The molecule has 0 saturated carbocycles. The number of hydrogen-bond acceptors (Lipinski definition) is 3. The van der Waals surface area contributed by atoms with E-state index >= 15 is 0 Å². The average molecular weight is 247 g/mol. The van der Waals surface area contributed by atoms with Gasteiger partial charge in [-0.3, -0.25) is 0 Å². The number of hydrogen-bond donors (Lipinski definition) is 1. The highest BCUT2D eigenvalue weighted by molar-refractivity contribution is 5.45. The second kappa shape index (κ2) is 5.29. The van der Waals surface area contributed by atoms with Crippen molar-refractivity contribution in [3.8, 4) is 5.75 Å². The van der Waals surface area contributed by atoms with Crippen LogP contribution in [0.3, 0.4) is 0 Å². The molecule has 2 unspecified atom stereocenters. The molecular weight excluding hydrogens is 226 g/mol. The summed E-state index contributed by atoms with van der Waals surface area (Å²) in [6, 6.07) is 6.90. The summed E-state index contributed by atoms with van der Waals surface area (Å²) in [7, 11) is 2.04. The van der Waals surface area contributed by atoms with Crippen molar-refractivity contribution in [2.24, 2.45) is 5.92 Å². The fraction of sp³-hybridized carbons (Fsp3) is 0.600. The predicted octanol–water partition coefficient (Wildman–Crippen LogP) is 2.31. The maximum Gasteiger partial charge on any atom is 0.127 e. The molecule has 1 saturated heterocycles. The van der Waals surface area contributed by atoms with Gasteiger partial charge in [-0.1, -0.05) is 18.2 Å². The van der Waals surface area contributed by atoms with Crippen LogP contribution in [0.15, 0.2) is 18.2 Å². The highest BCUT2D eigenvalue weighted by Gasteiger charge is 2.25. The lowest BCUT2D eigenvalue weighted by Crippen LogP contribution is -2.20. The molecule has 1 N–H and O–H groups in total. The molecule has 0 aromatic heterocycles. The summed E-state index contributed by atoms with van der Waals surface area (Å²) in [5, 5.41) is 3.44. The predicted molar refractivity (Wildman–Crippen MR) is 71.0 cm³/mol. The van der Waals surface area contributed by atoms with Crippen LogP contribution < -0.4 is 10.1 Å². The molecule has 2 aliphatic rings. The largest absolute Gasteiger partial charge is 0.493 e. The van der Waals surface area contributed by atoms with Crippen molar-refractivity contribution in [2.75, 3.05) is 26.9 Å². The topological polar surface area (TPSA) is 30.5 Å². The van der Waals surface area contributed by atoms with Crippen molar-refractivity contribution in [3.63, 3.8) is 0 Å². The number of para-hydroxylation sites is 1. The fourth-order valence-corrected chi connectivity index (χ4v) is 3.02. The molecule has 0 amide bonds. The highest BCUT2D eigenvalue weighted by Crippen LogP contribution is 2.36. The van der Waals surface area contributed by atoms with Crippen molar-refractivity contribution in [2.45, 2.75) is 25.3 Å². The zero-order valence-electron chi connectivity index (χ0n) is 10.9. The smallest absolute Gasteiger partial charge is 0.127 e. The van der Waals surface area contributed by atoms with Crippen molar-refractivity contribution in [1.29, 1.82) is 0 Å². The van der Waals surface area contributed by atoms with Crippen LogP contribution in [0, 0.1) is 5.92 Å². The first-order valence-electron chi connectivity index (χ1n) is 6.88. The van der Waals surface area contributed by atoms with Crippen LogP contribution in [0.25, 0.3) is 0 Å². The highest BCUT2D eigenvalue weighted by atomic mass is 16.5. The van der Waals surface area contributed by atoms with Crippen molar-refractivity contribution >= 4 is 0 Å². The van der Waals surface area contributed by atoms with Gasteiger partial charge in [0.25, 0.3) is 0 Å². The second-order valence-corrected chi connectivity index (χ2v) is 5.24. The average Bonchev–Trinajstić information content (AvgIpc) is 3.06. The first-order chi connectivity index (χ1) is 8.88. The summed E-state index contributed by atoms with van der Waals surface area (Å²) >= 11 is 0. The van der Waals surface area contributed by atoms with Gasteiger partial charge in [-0.15, -0.1) is 0 Å². The van der Waals surface area contributed by atoms with Gasteiger partial charge in [-0.2, -0.15) is 0 Å². The molecule has 2 aliphatic heterocycles. The Bertz CT molecular complexity index is 413. The van der Waals surface area contributed by atoms with Crippen molar-refractivity contribution in [3.05, 3.63) is 29.3 Å². The molecule has 3 rings (SSSR count). The first kappa shape index (κ1) is 12.0. The quantitative estimate of drug-likeness (QED) is 0.885. The lowest BCUT2D eigenvalue weighted by molar-refractivity contribution is 0.181. The van der Waals surface area contributed by atoms with E-state index in [0.717, 1.165) is 38.4 Å². The van der Waals surface area contributed by atoms with Gasteiger partial charge in [0.2, 0.25) is 0 Å². The third-order valence-electron chi connectivity index (χ3n) is 4.06. The van der Waals surface area contributed by atoms with E-state index in [4.69, 9.17) is 9.47 Å². The third-order valence-corrected chi connectivity index (χ3v) is 4.06. The summed E-state index contributed by atoms with van der Waals surface area (Å²) in [5.74, 6) is 1.80. The number of fused-ring (bicyclic) bond motifs is 1. The molecule has 2 heterocycles. The van der Waals surface area contributed by atoms with E-state index in [-0.39, 0.29) is 0 Å². The van der Waals surface area contributed by atoms with Crippen LogP contribution in [0.2, 0.25) is 0 Å². The molecule has 0 spiro atoms. The molecular formula is C15H21NO2. The first-order valence-corrected chi connectivity index (χ1v) is 6.88. The number of benzene rings is 1. The maximum absolute atomic E-state index is 5.81. The molecule has 1 fully saturated rings. The summed E-state index contributed by atoms with van der Waals surface area (Å²) in [4.78, 5) is 0. The molecule has 0 bridgehead atoms. The molecule has 1 aromatic rings. The van der Waals surface area contributed by atoms with Gasteiger partial charge in [0.1, 0.15) is 5.75 Å². The monoisotopic (exact) mass is 247 g/mol.